The van der Waals surface area contributed by atoms with E-state index in [1.165, 1.54) is 0 Å². The van der Waals surface area contributed by atoms with Crippen molar-refractivity contribution in [1.82, 2.24) is 34.7 Å². The number of rotatable bonds is 7. The Morgan fingerprint density at radius 2 is 2.17 bits per heavy atom. The number of carbonyl (C=O) groups excluding carboxylic acids is 1. The van der Waals surface area contributed by atoms with E-state index in [-0.39, 0.29) is 5.91 Å². The minimum atomic E-state index is -0.174. The Labute approximate surface area is 147 Å². The molecule has 8 nitrogen and oxygen atoms in total. The molecule has 0 aliphatic carbocycles. The first kappa shape index (κ1) is 16.4. The van der Waals surface area contributed by atoms with Gasteiger partial charge in [0.15, 0.2) is 0 Å². The average molecular weight is 392 g/mol. The second kappa shape index (κ2) is 7.43. The van der Waals surface area contributed by atoms with Gasteiger partial charge in [-0.2, -0.15) is 15.3 Å². The van der Waals surface area contributed by atoms with Gasteiger partial charge < -0.3 is 5.32 Å². The zero-order valence-corrected chi connectivity index (χ0v) is 14.8. The molecule has 3 aromatic heterocycles. The van der Waals surface area contributed by atoms with Crippen LogP contribution in [0.4, 0.5) is 0 Å². The molecule has 0 fully saturated rings. The van der Waals surface area contributed by atoms with Crippen LogP contribution in [0.15, 0.2) is 41.4 Å². The van der Waals surface area contributed by atoms with Crippen molar-refractivity contribution < 1.29 is 4.79 Å². The van der Waals surface area contributed by atoms with Gasteiger partial charge in [-0.1, -0.05) is 0 Å². The molecule has 0 aromatic carbocycles. The zero-order valence-electron chi connectivity index (χ0n) is 13.3. The highest BCUT2D eigenvalue weighted by Gasteiger charge is 2.09. The summed E-state index contributed by atoms with van der Waals surface area (Å²) in [6.45, 7) is 3.83. The van der Waals surface area contributed by atoms with Crippen LogP contribution in [-0.4, -0.2) is 41.8 Å². The summed E-state index contributed by atoms with van der Waals surface area (Å²) < 4.78 is 6.22. The van der Waals surface area contributed by atoms with Crippen LogP contribution < -0.4 is 5.32 Å². The quantitative estimate of drug-likeness (QED) is 0.621. The van der Waals surface area contributed by atoms with Gasteiger partial charge in [0.25, 0.3) is 5.91 Å². The number of aryl methyl sites for hydroxylation is 2. The molecule has 0 bridgehead atoms. The fourth-order valence-electron chi connectivity index (χ4n) is 2.28. The Morgan fingerprint density at radius 1 is 1.29 bits per heavy atom. The molecule has 0 atom stereocenters. The highest BCUT2D eigenvalue weighted by Crippen LogP contribution is 2.06. The fraction of sp³-hybridized carbons (Fsp3) is 0.333. The Balaban J connectivity index is 1.46. The van der Waals surface area contributed by atoms with Crippen LogP contribution in [0.3, 0.4) is 0 Å². The molecule has 3 aromatic rings. The molecule has 0 spiro atoms. The standard InChI is InChI=1S/C15H18BrN7O/c1-12-3-6-18-23(12)7-2-5-17-15(24)14-4-8-21(20-14)11-22-10-13(16)9-19-22/h3-4,6,8-10H,2,5,7,11H2,1H3,(H,17,24). The molecule has 1 amide bonds. The van der Waals surface area contributed by atoms with Crippen LogP contribution in [0.1, 0.15) is 22.6 Å². The molecule has 0 radical (unpaired) electrons. The molecular weight excluding hydrogens is 374 g/mol. The van der Waals surface area contributed by atoms with E-state index < -0.39 is 0 Å². The van der Waals surface area contributed by atoms with Gasteiger partial charge in [-0.05, 0) is 41.4 Å². The third-order valence-corrected chi connectivity index (χ3v) is 3.94. The number of amides is 1. The molecule has 0 saturated heterocycles. The van der Waals surface area contributed by atoms with Gasteiger partial charge >= 0.3 is 0 Å². The van der Waals surface area contributed by atoms with Gasteiger partial charge in [0.2, 0.25) is 0 Å². The number of nitrogens with zero attached hydrogens (tertiary/aromatic N) is 6. The van der Waals surface area contributed by atoms with Crippen LogP contribution in [0.5, 0.6) is 0 Å². The molecule has 0 saturated carbocycles. The van der Waals surface area contributed by atoms with Crippen molar-refractivity contribution in [2.75, 3.05) is 6.54 Å². The monoisotopic (exact) mass is 391 g/mol. The van der Waals surface area contributed by atoms with E-state index in [1.54, 1.807) is 34.0 Å². The first-order chi connectivity index (χ1) is 11.6. The van der Waals surface area contributed by atoms with Gasteiger partial charge in [0.1, 0.15) is 12.4 Å². The lowest BCUT2D eigenvalue weighted by atomic mass is 10.3. The van der Waals surface area contributed by atoms with Gasteiger partial charge in [0.05, 0.1) is 10.7 Å². The van der Waals surface area contributed by atoms with Crippen molar-refractivity contribution in [2.24, 2.45) is 0 Å². The van der Waals surface area contributed by atoms with Crippen LogP contribution in [0.2, 0.25) is 0 Å². The first-order valence-electron chi connectivity index (χ1n) is 7.60. The number of aromatic nitrogens is 6. The predicted molar refractivity (Wildman–Crippen MR) is 91.5 cm³/mol. The summed E-state index contributed by atoms with van der Waals surface area (Å²) in [7, 11) is 0. The van der Waals surface area contributed by atoms with Crippen molar-refractivity contribution in [3.8, 4) is 0 Å². The topological polar surface area (TPSA) is 82.6 Å². The Hall–Kier alpha value is -2.42. The van der Waals surface area contributed by atoms with Crippen molar-refractivity contribution in [1.29, 1.82) is 0 Å². The van der Waals surface area contributed by atoms with Crippen LogP contribution in [0, 0.1) is 6.92 Å². The smallest absolute Gasteiger partial charge is 0.271 e. The maximum absolute atomic E-state index is 12.1. The largest absolute Gasteiger partial charge is 0.351 e. The summed E-state index contributed by atoms with van der Waals surface area (Å²) in [6, 6.07) is 3.66. The van der Waals surface area contributed by atoms with Gasteiger partial charge in [-0.15, -0.1) is 0 Å². The van der Waals surface area contributed by atoms with E-state index in [4.69, 9.17) is 0 Å². The normalized spacial score (nSPS) is 10.9. The molecule has 3 heterocycles. The molecular formula is C15H18BrN7O. The van der Waals surface area contributed by atoms with E-state index in [2.05, 4.69) is 36.5 Å². The van der Waals surface area contributed by atoms with Crippen molar-refractivity contribution in [2.45, 2.75) is 26.6 Å². The number of halogens is 1. The van der Waals surface area contributed by atoms with Gasteiger partial charge in [0, 0.05) is 37.4 Å². The summed E-state index contributed by atoms with van der Waals surface area (Å²) in [6.07, 6.45) is 7.91. The van der Waals surface area contributed by atoms with E-state index in [0.717, 1.165) is 23.1 Å². The molecule has 9 heteroatoms. The van der Waals surface area contributed by atoms with Crippen LogP contribution in [-0.2, 0) is 13.2 Å². The second-order valence-electron chi connectivity index (χ2n) is 5.39. The second-order valence-corrected chi connectivity index (χ2v) is 6.30. The number of hydrogen-bond donors (Lipinski definition) is 1. The summed E-state index contributed by atoms with van der Waals surface area (Å²) >= 11 is 3.34. The maximum Gasteiger partial charge on any atom is 0.271 e. The van der Waals surface area contributed by atoms with Crippen LogP contribution >= 0.6 is 15.9 Å². The summed E-state index contributed by atoms with van der Waals surface area (Å²) in [5.74, 6) is -0.174. The number of nitrogens with one attached hydrogen (secondary N) is 1. The molecule has 0 aliphatic rings. The van der Waals surface area contributed by atoms with Gasteiger partial charge in [-0.25, -0.2) is 4.68 Å². The number of carbonyl (C=O) groups is 1. The lowest BCUT2D eigenvalue weighted by molar-refractivity contribution is 0.0946. The van der Waals surface area contributed by atoms with Crippen molar-refractivity contribution in [3.63, 3.8) is 0 Å². The lowest BCUT2D eigenvalue weighted by Crippen LogP contribution is -2.26. The molecule has 0 aliphatic heterocycles. The Kier molecular flexibility index (Phi) is 5.09. The number of hydrogen-bond acceptors (Lipinski definition) is 4. The lowest BCUT2D eigenvalue weighted by Gasteiger charge is -2.05. The minimum Gasteiger partial charge on any atom is -0.351 e. The first-order valence-corrected chi connectivity index (χ1v) is 8.39. The zero-order chi connectivity index (χ0) is 16.9. The van der Waals surface area contributed by atoms with Crippen LogP contribution in [0.25, 0.3) is 0 Å². The van der Waals surface area contributed by atoms with Crippen molar-refractivity contribution >= 4 is 21.8 Å². The minimum absolute atomic E-state index is 0.174. The third-order valence-electron chi connectivity index (χ3n) is 3.53. The van der Waals surface area contributed by atoms with E-state index in [0.29, 0.717) is 18.9 Å². The molecule has 24 heavy (non-hydrogen) atoms. The predicted octanol–water partition coefficient (Wildman–Crippen LogP) is 1.67. The highest BCUT2D eigenvalue weighted by atomic mass is 79.9. The van der Waals surface area contributed by atoms with Crippen molar-refractivity contribution in [3.05, 3.63) is 52.8 Å². The highest BCUT2D eigenvalue weighted by molar-refractivity contribution is 9.10. The summed E-state index contributed by atoms with van der Waals surface area (Å²) in [4.78, 5) is 12.1. The van der Waals surface area contributed by atoms with E-state index in [9.17, 15) is 4.79 Å². The molecule has 0 unspecified atom stereocenters. The Bertz CT molecular complexity index is 819. The third kappa shape index (κ3) is 4.10. The average Bonchev–Trinajstić information content (AvgIpc) is 3.27. The van der Waals surface area contributed by atoms with E-state index >= 15 is 0 Å². The fourth-order valence-corrected chi connectivity index (χ4v) is 2.61. The molecule has 1 N–H and O–H groups in total. The maximum atomic E-state index is 12.1. The molecule has 126 valence electrons. The summed E-state index contributed by atoms with van der Waals surface area (Å²) in [5, 5.41) is 15.5. The van der Waals surface area contributed by atoms with Gasteiger partial charge in [-0.3, -0.25) is 14.2 Å². The van der Waals surface area contributed by atoms with E-state index in [1.807, 2.05) is 23.9 Å². The SMILES string of the molecule is Cc1ccnn1CCCNC(=O)c1ccn(Cn2cc(Br)cn2)n1. The molecule has 3 rings (SSSR count). The Morgan fingerprint density at radius 3 is 2.88 bits per heavy atom. The summed E-state index contributed by atoms with van der Waals surface area (Å²) in [5.41, 5.74) is 1.52.